The maximum atomic E-state index is 12.6. The van der Waals surface area contributed by atoms with Gasteiger partial charge in [-0.2, -0.15) is 4.31 Å². The van der Waals surface area contributed by atoms with Crippen LogP contribution in [0.4, 0.5) is 0 Å². The van der Waals surface area contributed by atoms with Crippen LogP contribution >= 0.6 is 0 Å². The van der Waals surface area contributed by atoms with Crippen LogP contribution in [0.1, 0.15) is 25.3 Å². The molecule has 0 saturated carbocycles. The molecule has 2 heterocycles. The number of hydrogen-bond donors (Lipinski definition) is 0. The van der Waals surface area contributed by atoms with E-state index in [0.717, 1.165) is 0 Å². The van der Waals surface area contributed by atoms with Gasteiger partial charge in [0.2, 0.25) is 15.9 Å². The first kappa shape index (κ1) is 15.0. The van der Waals surface area contributed by atoms with Gasteiger partial charge < -0.3 is 9.42 Å². The lowest BCUT2D eigenvalue weighted by atomic mass is 10.2. The van der Waals surface area contributed by atoms with Crippen LogP contribution in [-0.2, 0) is 14.8 Å². The highest BCUT2D eigenvalue weighted by atomic mass is 32.2. The van der Waals surface area contributed by atoms with E-state index in [9.17, 15) is 13.2 Å². The van der Waals surface area contributed by atoms with Gasteiger partial charge in [0.15, 0.2) is 5.76 Å². The number of piperazine rings is 1. The van der Waals surface area contributed by atoms with Crippen LogP contribution in [0.15, 0.2) is 9.42 Å². The summed E-state index contributed by atoms with van der Waals surface area (Å²) in [7, 11) is -3.73. The minimum atomic E-state index is -3.73. The number of aromatic nitrogens is 1. The molecule has 1 fully saturated rings. The lowest BCUT2D eigenvalue weighted by Crippen LogP contribution is -2.54. The van der Waals surface area contributed by atoms with E-state index in [0.29, 0.717) is 12.2 Å². The summed E-state index contributed by atoms with van der Waals surface area (Å²) in [4.78, 5) is 13.8. The topological polar surface area (TPSA) is 83.7 Å². The Morgan fingerprint density at radius 1 is 1.25 bits per heavy atom. The first-order valence-corrected chi connectivity index (χ1v) is 7.91. The van der Waals surface area contributed by atoms with Gasteiger partial charge in [-0.1, -0.05) is 5.16 Å². The standard InChI is InChI=1S/C12H19N3O4S/c1-8(2)15-6-5-14(7-11(15)16)20(17,18)12-9(3)13-19-10(12)4/h8H,5-7H2,1-4H3. The van der Waals surface area contributed by atoms with Crippen molar-refractivity contribution in [3.05, 3.63) is 11.5 Å². The molecule has 1 aromatic heterocycles. The summed E-state index contributed by atoms with van der Waals surface area (Å²) in [5.74, 6) is 0.0721. The van der Waals surface area contributed by atoms with Crippen molar-refractivity contribution in [3.8, 4) is 0 Å². The molecule has 2 rings (SSSR count). The number of carbonyl (C=O) groups is 1. The molecule has 0 unspecified atom stereocenters. The number of rotatable bonds is 3. The Kier molecular flexibility index (Phi) is 3.88. The van der Waals surface area contributed by atoms with Crippen LogP contribution in [-0.4, -0.2) is 54.4 Å². The third-order valence-electron chi connectivity index (χ3n) is 3.41. The SMILES string of the molecule is Cc1noc(C)c1S(=O)(=O)N1CCN(C(C)C)C(=O)C1. The predicted octanol–water partition coefficient (Wildman–Crippen LogP) is 0.533. The molecule has 0 N–H and O–H groups in total. The van der Waals surface area contributed by atoms with Crippen LogP contribution in [0.3, 0.4) is 0 Å². The summed E-state index contributed by atoms with van der Waals surface area (Å²) < 4.78 is 31.2. The van der Waals surface area contributed by atoms with Crippen molar-refractivity contribution in [2.24, 2.45) is 0 Å². The Hall–Kier alpha value is -1.41. The van der Waals surface area contributed by atoms with Gasteiger partial charge in [-0.25, -0.2) is 8.42 Å². The molecule has 112 valence electrons. The number of nitrogens with zero attached hydrogens (tertiary/aromatic N) is 3. The van der Waals surface area contributed by atoms with E-state index in [2.05, 4.69) is 5.16 Å². The Bertz CT molecular complexity index is 601. The highest BCUT2D eigenvalue weighted by molar-refractivity contribution is 7.89. The second kappa shape index (κ2) is 5.17. The second-order valence-corrected chi connectivity index (χ2v) is 7.05. The quantitative estimate of drug-likeness (QED) is 0.813. The fourth-order valence-corrected chi connectivity index (χ4v) is 4.06. The number of aryl methyl sites for hydroxylation is 2. The Labute approximate surface area is 118 Å². The average molecular weight is 301 g/mol. The van der Waals surface area contributed by atoms with Crippen LogP contribution in [0.2, 0.25) is 0 Å². The molecular formula is C12H19N3O4S. The van der Waals surface area contributed by atoms with E-state index in [4.69, 9.17) is 4.52 Å². The summed E-state index contributed by atoms with van der Waals surface area (Å²) in [6.07, 6.45) is 0. The Balaban J connectivity index is 2.28. The molecule has 8 heteroatoms. The third kappa shape index (κ3) is 2.45. The predicted molar refractivity (Wildman–Crippen MR) is 71.6 cm³/mol. The Morgan fingerprint density at radius 3 is 2.35 bits per heavy atom. The average Bonchev–Trinajstić information content (AvgIpc) is 2.68. The van der Waals surface area contributed by atoms with Crippen LogP contribution < -0.4 is 0 Å². The van der Waals surface area contributed by atoms with E-state index in [1.165, 1.54) is 4.31 Å². The summed E-state index contributed by atoms with van der Waals surface area (Å²) in [6, 6.07) is 0.0754. The van der Waals surface area contributed by atoms with Gasteiger partial charge in [-0.15, -0.1) is 0 Å². The van der Waals surface area contributed by atoms with Crippen molar-refractivity contribution < 1.29 is 17.7 Å². The minimum absolute atomic E-state index is 0.0725. The van der Waals surface area contributed by atoms with Crippen molar-refractivity contribution in [1.82, 2.24) is 14.4 Å². The molecule has 0 radical (unpaired) electrons. The van der Waals surface area contributed by atoms with E-state index in [1.54, 1.807) is 18.7 Å². The van der Waals surface area contributed by atoms with Crippen molar-refractivity contribution >= 4 is 15.9 Å². The molecule has 0 atom stereocenters. The van der Waals surface area contributed by atoms with E-state index >= 15 is 0 Å². The second-order valence-electron chi connectivity index (χ2n) is 5.17. The van der Waals surface area contributed by atoms with Gasteiger partial charge in [0, 0.05) is 19.1 Å². The van der Waals surface area contributed by atoms with Gasteiger partial charge in [-0.05, 0) is 27.7 Å². The molecule has 1 aromatic rings. The fraction of sp³-hybridized carbons (Fsp3) is 0.667. The zero-order valence-corrected chi connectivity index (χ0v) is 12.9. The van der Waals surface area contributed by atoms with Gasteiger partial charge in [-0.3, -0.25) is 4.79 Å². The molecule has 1 saturated heterocycles. The summed E-state index contributed by atoms with van der Waals surface area (Å²) in [5, 5.41) is 3.66. The van der Waals surface area contributed by atoms with Crippen molar-refractivity contribution in [2.75, 3.05) is 19.6 Å². The smallest absolute Gasteiger partial charge is 0.249 e. The summed E-state index contributed by atoms with van der Waals surface area (Å²) in [5.41, 5.74) is 0.321. The molecule has 1 amide bonds. The van der Waals surface area contributed by atoms with Gasteiger partial charge in [0.1, 0.15) is 10.6 Å². The number of carbonyl (C=O) groups excluding carboxylic acids is 1. The number of hydrogen-bond acceptors (Lipinski definition) is 5. The largest absolute Gasteiger partial charge is 0.360 e. The van der Waals surface area contributed by atoms with Crippen LogP contribution in [0.25, 0.3) is 0 Å². The highest BCUT2D eigenvalue weighted by Crippen LogP contribution is 2.24. The molecular weight excluding hydrogens is 282 g/mol. The molecule has 7 nitrogen and oxygen atoms in total. The van der Waals surface area contributed by atoms with Gasteiger partial charge >= 0.3 is 0 Å². The lowest BCUT2D eigenvalue weighted by Gasteiger charge is -2.35. The lowest BCUT2D eigenvalue weighted by molar-refractivity contribution is -0.135. The van der Waals surface area contributed by atoms with Gasteiger partial charge in [0.25, 0.3) is 0 Å². The molecule has 20 heavy (non-hydrogen) atoms. The zero-order valence-electron chi connectivity index (χ0n) is 12.1. The van der Waals surface area contributed by atoms with E-state index in [1.807, 2.05) is 13.8 Å². The number of amides is 1. The number of sulfonamides is 1. The van der Waals surface area contributed by atoms with Crippen molar-refractivity contribution in [1.29, 1.82) is 0 Å². The van der Waals surface area contributed by atoms with E-state index in [-0.39, 0.29) is 35.7 Å². The third-order valence-corrected chi connectivity index (χ3v) is 5.50. The molecule has 1 aliphatic heterocycles. The van der Waals surface area contributed by atoms with Crippen LogP contribution in [0, 0.1) is 13.8 Å². The van der Waals surface area contributed by atoms with Crippen molar-refractivity contribution in [3.63, 3.8) is 0 Å². The first-order chi connectivity index (χ1) is 9.25. The molecule has 0 bridgehead atoms. The van der Waals surface area contributed by atoms with Crippen molar-refractivity contribution in [2.45, 2.75) is 38.6 Å². The first-order valence-electron chi connectivity index (χ1n) is 6.47. The summed E-state index contributed by atoms with van der Waals surface area (Å²) in [6.45, 7) is 7.52. The molecule has 1 aliphatic rings. The summed E-state index contributed by atoms with van der Waals surface area (Å²) >= 11 is 0. The fourth-order valence-electron chi connectivity index (χ4n) is 2.39. The maximum absolute atomic E-state index is 12.6. The normalized spacial score (nSPS) is 18.1. The Morgan fingerprint density at radius 2 is 1.90 bits per heavy atom. The van der Waals surface area contributed by atoms with Gasteiger partial charge in [0.05, 0.1) is 6.54 Å². The monoisotopic (exact) mass is 301 g/mol. The zero-order chi connectivity index (χ0) is 15.1. The minimum Gasteiger partial charge on any atom is -0.360 e. The molecule has 0 aliphatic carbocycles. The molecule has 0 aromatic carbocycles. The van der Waals surface area contributed by atoms with Crippen LogP contribution in [0.5, 0.6) is 0 Å². The van der Waals surface area contributed by atoms with E-state index < -0.39 is 10.0 Å². The maximum Gasteiger partial charge on any atom is 0.249 e. The molecule has 0 spiro atoms. The highest BCUT2D eigenvalue weighted by Gasteiger charge is 2.36.